The lowest BCUT2D eigenvalue weighted by molar-refractivity contribution is -0.164. The number of ether oxygens (including phenoxy) is 1. The van der Waals surface area contributed by atoms with E-state index in [0.717, 1.165) is 11.8 Å². The van der Waals surface area contributed by atoms with Gasteiger partial charge in [-0.15, -0.1) is 0 Å². The van der Waals surface area contributed by atoms with Gasteiger partial charge in [-0.3, -0.25) is 4.99 Å². The number of amidine groups is 1. The van der Waals surface area contributed by atoms with E-state index in [9.17, 15) is 23.4 Å². The quantitative estimate of drug-likeness (QED) is 0.525. The number of fused-ring (bicyclic) bond motifs is 1. The Morgan fingerprint density at radius 1 is 1.32 bits per heavy atom. The molecular formula is C9H13F3N2O4S. The lowest BCUT2D eigenvalue weighted by atomic mass is 9.99. The highest BCUT2D eigenvalue weighted by Gasteiger charge is 2.48. The van der Waals surface area contributed by atoms with E-state index in [2.05, 4.69) is 10.3 Å². The van der Waals surface area contributed by atoms with E-state index in [1.165, 1.54) is 0 Å². The lowest BCUT2D eigenvalue weighted by Crippen LogP contribution is -2.55. The molecule has 0 saturated carbocycles. The molecule has 0 aromatic carbocycles. The highest BCUT2D eigenvalue weighted by Crippen LogP contribution is 2.35. The largest absolute Gasteiger partial charge is 0.405 e. The monoisotopic (exact) mass is 302 g/mol. The van der Waals surface area contributed by atoms with Gasteiger partial charge in [0.1, 0.15) is 36.3 Å². The molecule has 2 rings (SSSR count). The third-order valence-corrected chi connectivity index (χ3v) is 3.88. The molecule has 110 valence electrons. The fraction of sp³-hybridized carbons (Fsp3) is 0.889. The maximum atomic E-state index is 12.1. The van der Waals surface area contributed by atoms with Gasteiger partial charge in [-0.1, -0.05) is 11.8 Å². The third-order valence-electron chi connectivity index (χ3n) is 2.78. The van der Waals surface area contributed by atoms with Crippen LogP contribution in [0.25, 0.3) is 0 Å². The van der Waals surface area contributed by atoms with Crippen LogP contribution in [-0.2, 0) is 4.74 Å². The maximum Gasteiger partial charge on any atom is 0.405 e. The van der Waals surface area contributed by atoms with Crippen LogP contribution in [0.4, 0.5) is 13.2 Å². The first-order chi connectivity index (χ1) is 8.81. The summed E-state index contributed by atoms with van der Waals surface area (Å²) in [6.45, 7) is -1.73. The second-order valence-corrected chi connectivity index (χ2v) is 5.31. The van der Waals surface area contributed by atoms with Gasteiger partial charge in [0, 0.05) is 0 Å². The predicted octanol–water partition coefficient (Wildman–Crippen LogP) is -0.951. The topological polar surface area (TPSA) is 94.3 Å². The zero-order valence-electron chi connectivity index (χ0n) is 9.54. The number of hydrogen-bond acceptors (Lipinski definition) is 7. The van der Waals surface area contributed by atoms with Gasteiger partial charge in [0.05, 0.1) is 6.61 Å². The fourth-order valence-electron chi connectivity index (χ4n) is 1.84. The summed E-state index contributed by atoms with van der Waals surface area (Å²) in [6.07, 6.45) is -7.95. The molecule has 2 aliphatic rings. The average molecular weight is 302 g/mol. The van der Waals surface area contributed by atoms with Crippen molar-refractivity contribution < 1.29 is 33.2 Å². The van der Waals surface area contributed by atoms with Crippen LogP contribution in [0.3, 0.4) is 0 Å². The van der Waals surface area contributed by atoms with E-state index in [-0.39, 0.29) is 5.17 Å². The van der Waals surface area contributed by atoms with Gasteiger partial charge >= 0.3 is 6.18 Å². The van der Waals surface area contributed by atoms with Gasteiger partial charge in [0.25, 0.3) is 0 Å². The zero-order chi connectivity index (χ0) is 14.2. The summed E-state index contributed by atoms with van der Waals surface area (Å²) in [5.41, 5.74) is -0.716. The van der Waals surface area contributed by atoms with Crippen LogP contribution in [-0.4, -0.2) is 69.6 Å². The van der Waals surface area contributed by atoms with E-state index in [0.29, 0.717) is 0 Å². The van der Waals surface area contributed by atoms with Crippen LogP contribution in [0, 0.1) is 0 Å². The molecule has 19 heavy (non-hydrogen) atoms. The number of nitrogens with one attached hydrogen (secondary N) is 1. The van der Waals surface area contributed by atoms with Gasteiger partial charge < -0.3 is 25.4 Å². The smallest absolute Gasteiger partial charge is 0.394 e. The van der Waals surface area contributed by atoms with E-state index < -0.39 is 49.1 Å². The minimum absolute atomic E-state index is 0.00263. The molecule has 0 aromatic heterocycles. The van der Waals surface area contributed by atoms with Gasteiger partial charge in [-0.2, -0.15) is 13.2 Å². The normalized spacial score (nSPS) is 38.8. The van der Waals surface area contributed by atoms with Crippen molar-refractivity contribution in [3.8, 4) is 0 Å². The Morgan fingerprint density at radius 3 is 2.58 bits per heavy atom. The first-order valence-corrected chi connectivity index (χ1v) is 6.37. The summed E-state index contributed by atoms with van der Waals surface area (Å²) < 4.78 is 41.4. The Kier molecular flexibility index (Phi) is 4.26. The van der Waals surface area contributed by atoms with Crippen LogP contribution in [0.15, 0.2) is 4.99 Å². The summed E-state index contributed by atoms with van der Waals surface area (Å²) in [5, 5.41) is 30.5. The van der Waals surface area contributed by atoms with Crippen LogP contribution >= 0.6 is 11.8 Å². The molecule has 0 bridgehead atoms. The molecule has 0 unspecified atom stereocenters. The van der Waals surface area contributed by atoms with Gasteiger partial charge in [-0.05, 0) is 0 Å². The molecule has 1 fully saturated rings. The van der Waals surface area contributed by atoms with Crippen molar-refractivity contribution in [2.24, 2.45) is 4.99 Å². The molecule has 2 aliphatic heterocycles. The minimum Gasteiger partial charge on any atom is -0.394 e. The molecule has 2 heterocycles. The number of alkyl halides is 3. The second-order valence-electron chi connectivity index (χ2n) is 4.22. The summed E-state index contributed by atoms with van der Waals surface area (Å²) in [5.74, 6) is 0. The molecule has 4 N–H and O–H groups in total. The SMILES string of the molecule is OC[C@H]1O[C@@H]2SC(NCC(F)(F)F)=N[C@@H]2[C@@H](O)[C@@H]1O. The average Bonchev–Trinajstić information content (AvgIpc) is 2.73. The first kappa shape index (κ1) is 14.9. The molecule has 6 nitrogen and oxygen atoms in total. The number of thioether (sulfide) groups is 1. The number of halogens is 3. The van der Waals surface area contributed by atoms with Crippen molar-refractivity contribution >= 4 is 16.9 Å². The van der Waals surface area contributed by atoms with Crippen LogP contribution in [0.2, 0.25) is 0 Å². The van der Waals surface area contributed by atoms with E-state index in [1.54, 1.807) is 0 Å². The van der Waals surface area contributed by atoms with Gasteiger partial charge in [0.15, 0.2) is 5.17 Å². The fourth-order valence-corrected chi connectivity index (χ4v) is 2.96. The zero-order valence-corrected chi connectivity index (χ0v) is 10.4. The van der Waals surface area contributed by atoms with E-state index >= 15 is 0 Å². The molecule has 1 saturated heterocycles. The minimum atomic E-state index is -4.37. The predicted molar refractivity (Wildman–Crippen MR) is 60.6 cm³/mol. The third kappa shape index (κ3) is 3.31. The van der Waals surface area contributed by atoms with Crippen molar-refractivity contribution in [1.82, 2.24) is 5.32 Å². The molecule has 0 spiro atoms. The van der Waals surface area contributed by atoms with E-state index in [1.807, 2.05) is 0 Å². The summed E-state index contributed by atoms with van der Waals surface area (Å²) in [4.78, 5) is 3.87. The highest BCUT2D eigenvalue weighted by molar-refractivity contribution is 8.14. The molecular weight excluding hydrogens is 289 g/mol. The lowest BCUT2D eigenvalue weighted by Gasteiger charge is -2.37. The Labute approximate surface area is 110 Å². The van der Waals surface area contributed by atoms with Gasteiger partial charge in [0.2, 0.25) is 0 Å². The number of aliphatic hydroxyl groups excluding tert-OH is 3. The van der Waals surface area contributed by atoms with Crippen molar-refractivity contribution in [1.29, 1.82) is 0 Å². The van der Waals surface area contributed by atoms with Crippen molar-refractivity contribution in [3.63, 3.8) is 0 Å². The number of aliphatic hydroxyl groups is 3. The Bertz CT molecular complexity index is 368. The summed E-state index contributed by atoms with van der Waals surface area (Å²) >= 11 is 0.895. The van der Waals surface area contributed by atoms with Gasteiger partial charge in [-0.25, -0.2) is 0 Å². The Balaban J connectivity index is 1.99. The van der Waals surface area contributed by atoms with Crippen molar-refractivity contribution in [3.05, 3.63) is 0 Å². The van der Waals surface area contributed by atoms with Crippen molar-refractivity contribution in [2.75, 3.05) is 13.2 Å². The summed E-state index contributed by atoms with van der Waals surface area (Å²) in [6, 6.07) is -0.849. The van der Waals surface area contributed by atoms with Crippen LogP contribution < -0.4 is 5.32 Å². The standard InChI is InChI=1S/C9H13F3N2O4S/c10-9(11,12)2-13-8-14-4-6(17)5(16)3(1-15)18-7(4)19-8/h3-7,15-17H,1-2H2,(H,13,14)/t3-,4-,5-,6-,7-/m1/s1. The Hall–Kier alpha value is -0.550. The molecule has 0 radical (unpaired) electrons. The highest BCUT2D eigenvalue weighted by atomic mass is 32.2. The Morgan fingerprint density at radius 2 is 2.00 bits per heavy atom. The second kappa shape index (κ2) is 5.44. The maximum absolute atomic E-state index is 12.1. The summed E-state index contributed by atoms with van der Waals surface area (Å²) in [7, 11) is 0. The number of rotatable bonds is 2. The number of nitrogens with zero attached hydrogens (tertiary/aromatic N) is 1. The van der Waals surface area contributed by atoms with Crippen LogP contribution in [0.1, 0.15) is 0 Å². The van der Waals surface area contributed by atoms with Crippen molar-refractivity contribution in [2.45, 2.75) is 36.0 Å². The van der Waals surface area contributed by atoms with E-state index in [4.69, 9.17) is 9.84 Å². The molecule has 10 heteroatoms. The molecule has 0 aliphatic carbocycles. The molecule has 0 amide bonds. The molecule has 0 aromatic rings. The first-order valence-electron chi connectivity index (χ1n) is 5.49. The number of hydrogen-bond donors (Lipinski definition) is 4. The number of aliphatic imine (C=N–C) groups is 1. The van der Waals surface area contributed by atoms with Crippen LogP contribution in [0.5, 0.6) is 0 Å². The molecule has 5 atom stereocenters.